The zero-order valence-electron chi connectivity index (χ0n) is 12.9. The van der Waals surface area contributed by atoms with Crippen LogP contribution in [0.2, 0.25) is 0 Å². The van der Waals surface area contributed by atoms with Crippen molar-refractivity contribution in [1.82, 2.24) is 10.6 Å². The van der Waals surface area contributed by atoms with Gasteiger partial charge in [0.15, 0.2) is 0 Å². The van der Waals surface area contributed by atoms with Crippen molar-refractivity contribution in [3.8, 4) is 0 Å². The molecule has 1 amide bonds. The van der Waals surface area contributed by atoms with Gasteiger partial charge in [0.1, 0.15) is 0 Å². The normalized spacial score (nSPS) is 30.2. The number of hydrogen-bond acceptors (Lipinski definition) is 3. The van der Waals surface area contributed by atoms with E-state index in [1.54, 1.807) is 0 Å². The van der Waals surface area contributed by atoms with Crippen LogP contribution in [-0.4, -0.2) is 35.1 Å². The van der Waals surface area contributed by atoms with Crippen LogP contribution in [0.5, 0.6) is 0 Å². The molecule has 1 heterocycles. The van der Waals surface area contributed by atoms with Gasteiger partial charge in [-0.3, -0.25) is 9.59 Å². The van der Waals surface area contributed by atoms with E-state index in [1.165, 1.54) is 25.7 Å². The summed E-state index contributed by atoms with van der Waals surface area (Å²) < 4.78 is 0. The highest BCUT2D eigenvalue weighted by molar-refractivity contribution is 5.82. The van der Waals surface area contributed by atoms with E-state index in [9.17, 15) is 9.59 Å². The van der Waals surface area contributed by atoms with Crippen molar-refractivity contribution >= 4 is 11.9 Å². The van der Waals surface area contributed by atoms with Crippen LogP contribution in [0.4, 0.5) is 0 Å². The van der Waals surface area contributed by atoms with Gasteiger partial charge in [0.25, 0.3) is 0 Å². The molecule has 2 rings (SSSR count). The molecule has 1 saturated carbocycles. The Morgan fingerprint density at radius 3 is 2.71 bits per heavy atom. The van der Waals surface area contributed by atoms with Gasteiger partial charge in [-0.25, -0.2) is 0 Å². The predicted molar refractivity (Wildman–Crippen MR) is 81.0 cm³/mol. The van der Waals surface area contributed by atoms with Crippen molar-refractivity contribution in [3.63, 3.8) is 0 Å². The van der Waals surface area contributed by atoms with E-state index in [1.807, 2.05) is 6.92 Å². The fraction of sp³-hybridized carbons (Fsp3) is 0.875. The third-order valence-electron chi connectivity index (χ3n) is 4.87. The number of piperidine rings is 1. The maximum atomic E-state index is 12.4. The first-order chi connectivity index (χ1) is 10.1. The van der Waals surface area contributed by atoms with Crippen molar-refractivity contribution in [2.75, 3.05) is 0 Å². The maximum Gasteiger partial charge on any atom is 0.305 e. The maximum absolute atomic E-state index is 12.4. The Morgan fingerprint density at radius 1 is 1.24 bits per heavy atom. The standard InChI is InChI=1S/C16H28N2O3/c1-2-5-12(10-15(19)20)17-16(21)14-9-8-11-6-3-4-7-13(11)18-14/h11-14,18H,2-10H2,1H3,(H,17,21)(H,19,20). The molecule has 4 atom stereocenters. The molecule has 0 bridgehead atoms. The van der Waals surface area contributed by atoms with Crippen molar-refractivity contribution in [2.45, 2.75) is 82.8 Å². The molecule has 0 aromatic heterocycles. The zero-order valence-corrected chi connectivity index (χ0v) is 12.9. The molecular formula is C16H28N2O3. The van der Waals surface area contributed by atoms with E-state index in [2.05, 4.69) is 10.6 Å². The number of nitrogens with one attached hydrogen (secondary N) is 2. The van der Waals surface area contributed by atoms with Crippen molar-refractivity contribution in [3.05, 3.63) is 0 Å². The minimum atomic E-state index is -0.849. The van der Waals surface area contributed by atoms with Gasteiger partial charge < -0.3 is 15.7 Å². The molecule has 1 aliphatic carbocycles. The Morgan fingerprint density at radius 2 is 2.00 bits per heavy atom. The molecule has 1 saturated heterocycles. The second kappa shape index (κ2) is 7.78. The number of carbonyl (C=O) groups excluding carboxylic acids is 1. The summed E-state index contributed by atoms with van der Waals surface area (Å²) in [5.41, 5.74) is 0. The molecule has 1 aliphatic heterocycles. The Labute approximate surface area is 126 Å². The van der Waals surface area contributed by atoms with Crippen LogP contribution in [0, 0.1) is 5.92 Å². The summed E-state index contributed by atoms with van der Waals surface area (Å²) in [6, 6.07) is 0.0933. The highest BCUT2D eigenvalue weighted by Crippen LogP contribution is 2.32. The third-order valence-corrected chi connectivity index (χ3v) is 4.87. The lowest BCUT2D eigenvalue weighted by Crippen LogP contribution is -2.56. The molecule has 0 radical (unpaired) electrons. The smallest absolute Gasteiger partial charge is 0.305 e. The summed E-state index contributed by atoms with van der Waals surface area (Å²) in [4.78, 5) is 23.2. The lowest BCUT2D eigenvalue weighted by atomic mass is 9.77. The van der Waals surface area contributed by atoms with Crippen LogP contribution in [-0.2, 0) is 9.59 Å². The fourth-order valence-corrected chi connectivity index (χ4v) is 3.79. The molecule has 0 aromatic carbocycles. The quantitative estimate of drug-likeness (QED) is 0.701. The van der Waals surface area contributed by atoms with Gasteiger partial charge in [-0.15, -0.1) is 0 Å². The number of amides is 1. The minimum Gasteiger partial charge on any atom is -0.481 e. The molecule has 4 unspecified atom stereocenters. The molecule has 120 valence electrons. The summed E-state index contributed by atoms with van der Waals surface area (Å²) >= 11 is 0. The van der Waals surface area contributed by atoms with Crippen molar-refractivity contribution in [1.29, 1.82) is 0 Å². The number of carboxylic acids is 1. The monoisotopic (exact) mass is 296 g/mol. The van der Waals surface area contributed by atoms with Crippen molar-refractivity contribution in [2.24, 2.45) is 5.92 Å². The van der Waals surface area contributed by atoms with E-state index >= 15 is 0 Å². The molecule has 21 heavy (non-hydrogen) atoms. The topological polar surface area (TPSA) is 78.4 Å². The van der Waals surface area contributed by atoms with Gasteiger partial charge in [0, 0.05) is 12.1 Å². The number of fused-ring (bicyclic) bond motifs is 1. The first kappa shape index (κ1) is 16.3. The SMILES string of the molecule is CCCC(CC(=O)O)NC(=O)C1CCC2CCCCC2N1. The highest BCUT2D eigenvalue weighted by Gasteiger charge is 2.34. The van der Waals surface area contributed by atoms with Gasteiger partial charge >= 0.3 is 5.97 Å². The molecule has 2 aliphatic rings. The van der Waals surface area contributed by atoms with Gasteiger partial charge in [0.2, 0.25) is 5.91 Å². The predicted octanol–water partition coefficient (Wildman–Crippen LogP) is 2.06. The molecule has 0 aromatic rings. The fourth-order valence-electron chi connectivity index (χ4n) is 3.79. The number of carbonyl (C=O) groups is 2. The van der Waals surface area contributed by atoms with Crippen LogP contribution in [0.25, 0.3) is 0 Å². The lowest BCUT2D eigenvalue weighted by Gasteiger charge is -2.40. The van der Waals surface area contributed by atoms with E-state index < -0.39 is 5.97 Å². The first-order valence-corrected chi connectivity index (χ1v) is 8.38. The summed E-state index contributed by atoms with van der Waals surface area (Å²) in [6.07, 6.45) is 8.62. The molecule has 3 N–H and O–H groups in total. The molecule has 5 nitrogen and oxygen atoms in total. The van der Waals surface area contributed by atoms with Gasteiger partial charge in [-0.05, 0) is 38.0 Å². The van der Waals surface area contributed by atoms with Crippen LogP contribution in [0.3, 0.4) is 0 Å². The average molecular weight is 296 g/mol. The molecule has 0 spiro atoms. The van der Waals surface area contributed by atoms with Gasteiger partial charge in [0.05, 0.1) is 12.5 Å². The van der Waals surface area contributed by atoms with Crippen LogP contribution in [0.1, 0.15) is 64.7 Å². The summed E-state index contributed by atoms with van der Waals surface area (Å²) in [5.74, 6) is -0.135. The summed E-state index contributed by atoms with van der Waals surface area (Å²) in [5, 5.41) is 15.3. The van der Waals surface area contributed by atoms with Crippen molar-refractivity contribution < 1.29 is 14.7 Å². The van der Waals surface area contributed by atoms with Gasteiger partial charge in [-0.2, -0.15) is 0 Å². The van der Waals surface area contributed by atoms with Crippen LogP contribution >= 0.6 is 0 Å². The minimum absolute atomic E-state index is 0.0123. The van der Waals surface area contributed by atoms with E-state index in [-0.39, 0.29) is 24.4 Å². The summed E-state index contributed by atoms with van der Waals surface area (Å²) in [7, 11) is 0. The van der Waals surface area contributed by atoms with E-state index in [0.717, 1.165) is 31.6 Å². The third kappa shape index (κ3) is 4.70. The number of carboxylic acid groups (broad SMARTS) is 1. The van der Waals surface area contributed by atoms with Crippen LogP contribution in [0.15, 0.2) is 0 Å². The number of aliphatic carboxylic acids is 1. The zero-order chi connectivity index (χ0) is 15.2. The Balaban J connectivity index is 1.85. The Bertz CT molecular complexity index is 373. The average Bonchev–Trinajstić information content (AvgIpc) is 2.46. The first-order valence-electron chi connectivity index (χ1n) is 8.38. The van der Waals surface area contributed by atoms with E-state index in [4.69, 9.17) is 5.11 Å². The molecular weight excluding hydrogens is 268 g/mol. The number of hydrogen-bond donors (Lipinski definition) is 3. The Hall–Kier alpha value is -1.10. The molecule has 5 heteroatoms. The van der Waals surface area contributed by atoms with Gasteiger partial charge in [-0.1, -0.05) is 26.2 Å². The highest BCUT2D eigenvalue weighted by atomic mass is 16.4. The number of rotatable bonds is 6. The summed E-state index contributed by atoms with van der Waals surface area (Å²) in [6.45, 7) is 2.01. The second-order valence-electron chi connectivity index (χ2n) is 6.54. The van der Waals surface area contributed by atoms with E-state index in [0.29, 0.717) is 6.04 Å². The Kier molecular flexibility index (Phi) is 6.03. The molecule has 2 fully saturated rings. The van der Waals surface area contributed by atoms with Crippen LogP contribution < -0.4 is 10.6 Å². The lowest BCUT2D eigenvalue weighted by molar-refractivity contribution is -0.137. The largest absolute Gasteiger partial charge is 0.481 e. The second-order valence-corrected chi connectivity index (χ2v) is 6.54.